The summed E-state index contributed by atoms with van der Waals surface area (Å²) in [5.74, 6) is -0.210. The average Bonchev–Trinajstić information content (AvgIpc) is 2.78. The minimum Gasteiger partial charge on any atom is -0.309 e. The second-order valence-corrected chi connectivity index (χ2v) is 5.52. The van der Waals surface area contributed by atoms with Crippen LogP contribution in [0.1, 0.15) is 25.1 Å². The van der Waals surface area contributed by atoms with Crippen LogP contribution in [-0.4, -0.2) is 11.0 Å². The molecule has 1 N–H and O–H groups in total. The predicted octanol–water partition coefficient (Wildman–Crippen LogP) is 3.76. The maximum Gasteiger partial charge on any atom is 0.133 e. The SMILES string of the molecule is Cc1ccc(F)c(-c2nc(CNC(C)C)cs2)c1. The van der Waals surface area contributed by atoms with Crippen molar-refractivity contribution in [3.63, 3.8) is 0 Å². The summed E-state index contributed by atoms with van der Waals surface area (Å²) in [4.78, 5) is 4.47. The van der Waals surface area contributed by atoms with Crippen LogP contribution in [0.25, 0.3) is 10.6 Å². The first-order valence-corrected chi connectivity index (χ1v) is 6.88. The first-order chi connectivity index (χ1) is 8.56. The molecule has 0 spiro atoms. The summed E-state index contributed by atoms with van der Waals surface area (Å²) < 4.78 is 13.7. The van der Waals surface area contributed by atoms with Gasteiger partial charge in [-0.05, 0) is 19.1 Å². The molecule has 2 rings (SSSR count). The van der Waals surface area contributed by atoms with Crippen LogP contribution in [0, 0.1) is 12.7 Å². The lowest BCUT2D eigenvalue weighted by Crippen LogP contribution is -2.21. The molecule has 0 bridgehead atoms. The lowest BCUT2D eigenvalue weighted by Gasteiger charge is -2.05. The van der Waals surface area contributed by atoms with Gasteiger partial charge in [-0.2, -0.15) is 0 Å². The molecule has 1 heterocycles. The third-order valence-corrected chi connectivity index (χ3v) is 3.52. The van der Waals surface area contributed by atoms with Gasteiger partial charge in [0.05, 0.1) is 5.69 Å². The molecule has 0 fully saturated rings. The molecule has 96 valence electrons. The molecule has 0 aliphatic carbocycles. The summed E-state index contributed by atoms with van der Waals surface area (Å²) in [6.07, 6.45) is 0. The molecular formula is C14H17FN2S. The molecule has 18 heavy (non-hydrogen) atoms. The van der Waals surface area contributed by atoms with Gasteiger partial charge in [0.2, 0.25) is 0 Å². The highest BCUT2D eigenvalue weighted by molar-refractivity contribution is 7.13. The Morgan fingerprint density at radius 3 is 2.89 bits per heavy atom. The predicted molar refractivity (Wildman–Crippen MR) is 74.2 cm³/mol. The van der Waals surface area contributed by atoms with Crippen molar-refractivity contribution < 1.29 is 4.39 Å². The zero-order valence-corrected chi connectivity index (χ0v) is 11.6. The van der Waals surface area contributed by atoms with Gasteiger partial charge in [-0.15, -0.1) is 11.3 Å². The van der Waals surface area contributed by atoms with Crippen LogP contribution in [0.5, 0.6) is 0 Å². The molecule has 4 heteroatoms. The van der Waals surface area contributed by atoms with Gasteiger partial charge in [0.25, 0.3) is 0 Å². The van der Waals surface area contributed by atoms with Gasteiger partial charge in [0.1, 0.15) is 10.8 Å². The fourth-order valence-electron chi connectivity index (χ4n) is 1.62. The molecule has 0 aliphatic rings. The summed E-state index contributed by atoms with van der Waals surface area (Å²) in [5.41, 5.74) is 2.60. The van der Waals surface area contributed by atoms with Crippen molar-refractivity contribution in [2.24, 2.45) is 0 Å². The van der Waals surface area contributed by atoms with Crippen molar-refractivity contribution in [1.82, 2.24) is 10.3 Å². The van der Waals surface area contributed by atoms with E-state index in [1.807, 2.05) is 18.4 Å². The van der Waals surface area contributed by atoms with Crippen LogP contribution in [0.2, 0.25) is 0 Å². The van der Waals surface area contributed by atoms with Crippen molar-refractivity contribution in [3.05, 3.63) is 40.7 Å². The number of thiazole rings is 1. The Hall–Kier alpha value is -1.26. The molecule has 2 nitrogen and oxygen atoms in total. The van der Waals surface area contributed by atoms with E-state index in [4.69, 9.17) is 0 Å². The van der Waals surface area contributed by atoms with E-state index in [-0.39, 0.29) is 5.82 Å². The number of nitrogens with one attached hydrogen (secondary N) is 1. The summed E-state index contributed by atoms with van der Waals surface area (Å²) in [6, 6.07) is 5.53. The van der Waals surface area contributed by atoms with Crippen LogP contribution in [0.3, 0.4) is 0 Å². The Morgan fingerprint density at radius 2 is 2.17 bits per heavy atom. The van der Waals surface area contributed by atoms with Crippen LogP contribution in [0.4, 0.5) is 4.39 Å². The van der Waals surface area contributed by atoms with Crippen LogP contribution in [-0.2, 0) is 6.54 Å². The molecule has 2 aromatic rings. The topological polar surface area (TPSA) is 24.9 Å². The standard InChI is InChI=1S/C14H17FN2S/c1-9(2)16-7-11-8-18-14(17-11)12-6-10(3)4-5-13(12)15/h4-6,8-9,16H,7H2,1-3H3. The van der Waals surface area contributed by atoms with Gasteiger partial charge in [0, 0.05) is 23.5 Å². The maximum absolute atomic E-state index is 13.7. The van der Waals surface area contributed by atoms with Crippen LogP contribution >= 0.6 is 11.3 Å². The van der Waals surface area contributed by atoms with E-state index in [0.29, 0.717) is 11.6 Å². The molecule has 0 saturated heterocycles. The minimum atomic E-state index is -0.210. The average molecular weight is 264 g/mol. The van der Waals surface area contributed by atoms with E-state index in [1.165, 1.54) is 17.4 Å². The summed E-state index contributed by atoms with van der Waals surface area (Å²) in [7, 11) is 0. The summed E-state index contributed by atoms with van der Waals surface area (Å²) >= 11 is 1.49. The van der Waals surface area contributed by atoms with Crippen LogP contribution in [0.15, 0.2) is 23.6 Å². The van der Waals surface area contributed by atoms with Gasteiger partial charge in [-0.25, -0.2) is 9.37 Å². The van der Waals surface area contributed by atoms with Crippen molar-refractivity contribution in [3.8, 4) is 10.6 Å². The highest BCUT2D eigenvalue weighted by atomic mass is 32.1. The lowest BCUT2D eigenvalue weighted by molar-refractivity contribution is 0.583. The second-order valence-electron chi connectivity index (χ2n) is 4.66. The van der Waals surface area contributed by atoms with Crippen molar-refractivity contribution in [2.45, 2.75) is 33.4 Å². The number of nitrogens with zero attached hydrogens (tertiary/aromatic N) is 1. The Morgan fingerprint density at radius 1 is 1.39 bits per heavy atom. The second kappa shape index (κ2) is 5.59. The first-order valence-electron chi connectivity index (χ1n) is 6.00. The summed E-state index contributed by atoms with van der Waals surface area (Å²) in [6.45, 7) is 6.86. The molecule has 0 atom stereocenters. The number of aromatic nitrogens is 1. The Labute approximate surface area is 111 Å². The minimum absolute atomic E-state index is 0.210. The molecule has 0 unspecified atom stereocenters. The van der Waals surface area contributed by atoms with E-state index < -0.39 is 0 Å². The zero-order valence-electron chi connectivity index (χ0n) is 10.8. The molecule has 0 aliphatic heterocycles. The molecule has 1 aromatic carbocycles. The number of benzene rings is 1. The molecule has 0 radical (unpaired) electrons. The number of aryl methyl sites for hydroxylation is 1. The van der Waals surface area contributed by atoms with E-state index in [9.17, 15) is 4.39 Å². The highest BCUT2D eigenvalue weighted by Crippen LogP contribution is 2.27. The number of halogens is 1. The Balaban J connectivity index is 2.21. The zero-order chi connectivity index (χ0) is 13.1. The molecule has 0 saturated carbocycles. The third kappa shape index (κ3) is 3.15. The lowest BCUT2D eigenvalue weighted by atomic mass is 10.1. The normalized spacial score (nSPS) is 11.2. The van der Waals surface area contributed by atoms with Gasteiger partial charge in [0.15, 0.2) is 0 Å². The van der Waals surface area contributed by atoms with Gasteiger partial charge >= 0.3 is 0 Å². The smallest absolute Gasteiger partial charge is 0.133 e. The fraction of sp³-hybridized carbons (Fsp3) is 0.357. The summed E-state index contributed by atoms with van der Waals surface area (Å²) in [5, 5.41) is 6.03. The Kier molecular flexibility index (Phi) is 4.09. The monoisotopic (exact) mass is 264 g/mol. The van der Waals surface area contributed by atoms with Crippen LogP contribution < -0.4 is 5.32 Å². The molecule has 0 amide bonds. The van der Waals surface area contributed by atoms with Crippen molar-refractivity contribution in [1.29, 1.82) is 0 Å². The molecular weight excluding hydrogens is 247 g/mol. The van der Waals surface area contributed by atoms with E-state index in [2.05, 4.69) is 24.1 Å². The highest BCUT2D eigenvalue weighted by Gasteiger charge is 2.10. The van der Waals surface area contributed by atoms with Crippen molar-refractivity contribution in [2.75, 3.05) is 0 Å². The largest absolute Gasteiger partial charge is 0.309 e. The van der Waals surface area contributed by atoms with E-state index in [1.54, 1.807) is 6.07 Å². The fourth-order valence-corrected chi connectivity index (χ4v) is 2.46. The van der Waals surface area contributed by atoms with Gasteiger partial charge in [-0.1, -0.05) is 25.5 Å². The van der Waals surface area contributed by atoms with Crippen molar-refractivity contribution >= 4 is 11.3 Å². The number of rotatable bonds is 4. The number of hydrogen-bond donors (Lipinski definition) is 1. The molecule has 1 aromatic heterocycles. The van der Waals surface area contributed by atoms with E-state index in [0.717, 1.165) is 22.8 Å². The first kappa shape index (κ1) is 13.2. The quantitative estimate of drug-likeness (QED) is 0.909. The Bertz CT molecular complexity index is 534. The van der Waals surface area contributed by atoms with Gasteiger partial charge < -0.3 is 5.32 Å². The maximum atomic E-state index is 13.7. The third-order valence-electron chi connectivity index (χ3n) is 2.60. The van der Waals surface area contributed by atoms with E-state index >= 15 is 0 Å². The van der Waals surface area contributed by atoms with Gasteiger partial charge in [-0.3, -0.25) is 0 Å². The number of hydrogen-bond acceptors (Lipinski definition) is 3.